The van der Waals surface area contributed by atoms with Crippen LogP contribution in [-0.4, -0.2) is 28.9 Å². The highest BCUT2D eigenvalue weighted by Gasteiger charge is 2.15. The van der Waals surface area contributed by atoms with Gasteiger partial charge in [0.15, 0.2) is 0 Å². The normalized spacial score (nSPS) is 10.8. The molecular weight excluding hydrogens is 382 g/mol. The van der Waals surface area contributed by atoms with Gasteiger partial charge in [-0.3, -0.25) is 9.59 Å². The van der Waals surface area contributed by atoms with E-state index in [2.05, 4.69) is 10.3 Å². The van der Waals surface area contributed by atoms with Crippen LogP contribution >= 0.6 is 0 Å². The van der Waals surface area contributed by atoms with E-state index >= 15 is 0 Å². The highest BCUT2D eigenvalue weighted by atomic mass is 16.5. The molecular formula is C22H19N5O3. The van der Waals surface area contributed by atoms with E-state index in [0.29, 0.717) is 51.2 Å². The maximum Gasteiger partial charge on any atom is 0.250 e. The van der Waals surface area contributed by atoms with E-state index in [0.717, 1.165) is 5.56 Å². The number of ether oxygens (including phenoxy) is 1. The maximum atomic E-state index is 11.8. The summed E-state index contributed by atoms with van der Waals surface area (Å²) in [6, 6.07) is 15.8. The monoisotopic (exact) mass is 401 g/mol. The predicted molar refractivity (Wildman–Crippen MR) is 114 cm³/mol. The molecule has 0 bridgehead atoms. The van der Waals surface area contributed by atoms with Gasteiger partial charge in [-0.25, -0.2) is 9.97 Å². The molecule has 0 fully saturated rings. The summed E-state index contributed by atoms with van der Waals surface area (Å²) >= 11 is 0. The third kappa shape index (κ3) is 3.35. The lowest BCUT2D eigenvalue weighted by molar-refractivity contribution is 0.0993. The Hall–Kier alpha value is -4.20. The van der Waals surface area contributed by atoms with Crippen molar-refractivity contribution < 1.29 is 14.3 Å². The number of carbonyl (C=O) groups excluding carboxylic acids is 2. The summed E-state index contributed by atoms with van der Waals surface area (Å²) in [4.78, 5) is 32.8. The fourth-order valence-corrected chi connectivity index (χ4v) is 3.36. The molecule has 0 aliphatic heterocycles. The Bertz CT molecular complexity index is 1300. The summed E-state index contributed by atoms with van der Waals surface area (Å²) in [5.74, 6) is -0.559. The van der Waals surface area contributed by atoms with Crippen molar-refractivity contribution >= 4 is 39.6 Å². The molecule has 8 heteroatoms. The molecule has 150 valence electrons. The van der Waals surface area contributed by atoms with E-state index in [-0.39, 0.29) is 0 Å². The zero-order valence-corrected chi connectivity index (χ0v) is 16.2. The minimum Gasteiger partial charge on any atom is -0.494 e. The van der Waals surface area contributed by atoms with Gasteiger partial charge in [0.2, 0.25) is 0 Å². The van der Waals surface area contributed by atoms with Gasteiger partial charge in [-0.2, -0.15) is 0 Å². The van der Waals surface area contributed by atoms with E-state index in [1.54, 1.807) is 49.6 Å². The summed E-state index contributed by atoms with van der Waals surface area (Å²) < 4.78 is 5.44. The number of para-hydroxylation sites is 2. The van der Waals surface area contributed by atoms with Gasteiger partial charge in [-0.15, -0.1) is 0 Å². The van der Waals surface area contributed by atoms with Crippen molar-refractivity contribution in [1.29, 1.82) is 0 Å². The molecule has 0 aliphatic rings. The Labute approximate surface area is 171 Å². The molecule has 0 unspecified atom stereocenters. The zero-order chi connectivity index (χ0) is 21.3. The highest BCUT2D eigenvalue weighted by Crippen LogP contribution is 2.29. The number of hydrogen-bond acceptors (Lipinski definition) is 6. The second-order valence-corrected chi connectivity index (χ2v) is 6.65. The summed E-state index contributed by atoms with van der Waals surface area (Å²) in [7, 11) is 1.54. The van der Waals surface area contributed by atoms with Crippen LogP contribution in [0.1, 0.15) is 26.3 Å². The van der Waals surface area contributed by atoms with Crippen LogP contribution in [0.4, 0.5) is 5.69 Å². The number of hydrogen-bond donors (Lipinski definition) is 3. The second kappa shape index (κ2) is 7.67. The number of nitrogens with zero attached hydrogens (tertiary/aromatic N) is 2. The first-order valence-corrected chi connectivity index (χ1v) is 9.18. The number of amides is 2. The Morgan fingerprint density at radius 2 is 1.60 bits per heavy atom. The van der Waals surface area contributed by atoms with Crippen molar-refractivity contribution in [2.24, 2.45) is 11.5 Å². The largest absolute Gasteiger partial charge is 0.494 e. The van der Waals surface area contributed by atoms with Crippen LogP contribution in [0, 0.1) is 0 Å². The standard InChI is InChI=1S/C22H19N5O3/c1-30-17-10-9-12(11-25-15-7-3-2-5-13(15)21(23)28)18-20(17)27-19-14(22(24)29)6-4-8-16(19)26-18/h2-10,25H,11H2,1H3,(H2,23,28)(H2,24,29). The average molecular weight is 401 g/mol. The summed E-state index contributed by atoms with van der Waals surface area (Å²) in [5.41, 5.74) is 15.2. The average Bonchev–Trinajstić information content (AvgIpc) is 2.75. The highest BCUT2D eigenvalue weighted by molar-refractivity contribution is 6.06. The van der Waals surface area contributed by atoms with E-state index in [4.69, 9.17) is 21.2 Å². The molecule has 8 nitrogen and oxygen atoms in total. The molecule has 0 aliphatic carbocycles. The van der Waals surface area contributed by atoms with Crippen molar-refractivity contribution in [3.8, 4) is 5.75 Å². The summed E-state index contributed by atoms with van der Waals surface area (Å²) in [6.45, 7) is 0.375. The van der Waals surface area contributed by atoms with Crippen molar-refractivity contribution in [3.05, 3.63) is 71.3 Å². The Morgan fingerprint density at radius 3 is 2.33 bits per heavy atom. The number of fused-ring (bicyclic) bond motifs is 2. The van der Waals surface area contributed by atoms with Gasteiger partial charge in [0.1, 0.15) is 16.8 Å². The number of carbonyl (C=O) groups is 2. The van der Waals surface area contributed by atoms with Gasteiger partial charge in [-0.1, -0.05) is 24.3 Å². The van der Waals surface area contributed by atoms with Crippen LogP contribution in [0.3, 0.4) is 0 Å². The molecule has 0 saturated carbocycles. The molecule has 0 atom stereocenters. The van der Waals surface area contributed by atoms with Crippen molar-refractivity contribution in [1.82, 2.24) is 9.97 Å². The van der Waals surface area contributed by atoms with Crippen molar-refractivity contribution in [3.63, 3.8) is 0 Å². The third-order valence-electron chi connectivity index (χ3n) is 4.82. The molecule has 5 N–H and O–H groups in total. The second-order valence-electron chi connectivity index (χ2n) is 6.65. The molecule has 3 aromatic carbocycles. The quantitative estimate of drug-likeness (QED) is 0.425. The molecule has 1 aromatic heterocycles. The molecule has 0 radical (unpaired) electrons. The van der Waals surface area contributed by atoms with E-state index in [9.17, 15) is 9.59 Å². The van der Waals surface area contributed by atoms with E-state index < -0.39 is 11.8 Å². The van der Waals surface area contributed by atoms with Gasteiger partial charge in [0.25, 0.3) is 11.8 Å². The van der Waals surface area contributed by atoms with Crippen LogP contribution < -0.4 is 21.5 Å². The Balaban J connectivity index is 1.83. The molecule has 0 saturated heterocycles. The predicted octanol–water partition coefficient (Wildman–Crippen LogP) is 2.60. The van der Waals surface area contributed by atoms with Gasteiger partial charge >= 0.3 is 0 Å². The number of benzene rings is 3. The number of methoxy groups -OCH3 is 1. The topological polar surface area (TPSA) is 133 Å². The van der Waals surface area contributed by atoms with Gasteiger partial charge in [-0.05, 0) is 35.9 Å². The summed E-state index contributed by atoms with van der Waals surface area (Å²) in [6.07, 6.45) is 0. The van der Waals surface area contributed by atoms with Crippen LogP contribution in [0.15, 0.2) is 54.6 Å². The van der Waals surface area contributed by atoms with Crippen LogP contribution in [0.5, 0.6) is 5.75 Å². The van der Waals surface area contributed by atoms with Gasteiger partial charge in [0.05, 0.1) is 29.3 Å². The molecule has 30 heavy (non-hydrogen) atoms. The van der Waals surface area contributed by atoms with E-state index in [1.807, 2.05) is 12.1 Å². The SMILES string of the molecule is COc1ccc(CNc2ccccc2C(N)=O)c2nc3cccc(C(N)=O)c3nc12. The van der Waals surface area contributed by atoms with Crippen LogP contribution in [-0.2, 0) is 6.54 Å². The number of nitrogens with two attached hydrogens (primary N) is 2. The van der Waals surface area contributed by atoms with E-state index in [1.165, 1.54) is 0 Å². The number of primary amides is 2. The van der Waals surface area contributed by atoms with Gasteiger partial charge in [0, 0.05) is 12.2 Å². The Morgan fingerprint density at radius 1 is 0.867 bits per heavy atom. The third-order valence-corrected chi connectivity index (χ3v) is 4.82. The first-order valence-electron chi connectivity index (χ1n) is 9.18. The number of anilines is 1. The molecule has 4 aromatic rings. The smallest absolute Gasteiger partial charge is 0.250 e. The Kier molecular flexibility index (Phi) is 4.89. The zero-order valence-electron chi connectivity index (χ0n) is 16.2. The number of nitrogens with one attached hydrogen (secondary N) is 1. The summed E-state index contributed by atoms with van der Waals surface area (Å²) in [5, 5.41) is 3.23. The lowest BCUT2D eigenvalue weighted by Gasteiger charge is -2.14. The molecule has 4 rings (SSSR count). The van der Waals surface area contributed by atoms with Crippen molar-refractivity contribution in [2.45, 2.75) is 6.54 Å². The number of aromatic nitrogens is 2. The minimum absolute atomic E-state index is 0.294. The lowest BCUT2D eigenvalue weighted by Crippen LogP contribution is -2.14. The van der Waals surface area contributed by atoms with Crippen molar-refractivity contribution in [2.75, 3.05) is 12.4 Å². The van der Waals surface area contributed by atoms with Crippen LogP contribution in [0.2, 0.25) is 0 Å². The van der Waals surface area contributed by atoms with Crippen LogP contribution in [0.25, 0.3) is 22.1 Å². The van der Waals surface area contributed by atoms with Gasteiger partial charge < -0.3 is 21.5 Å². The molecule has 1 heterocycles. The molecule has 2 amide bonds. The number of rotatable bonds is 6. The maximum absolute atomic E-state index is 11.8. The lowest BCUT2D eigenvalue weighted by atomic mass is 10.1. The fourth-order valence-electron chi connectivity index (χ4n) is 3.36. The minimum atomic E-state index is -0.575. The first-order chi connectivity index (χ1) is 14.5. The first kappa shape index (κ1) is 19.1. The fraction of sp³-hybridized carbons (Fsp3) is 0.0909. The molecule has 0 spiro atoms.